The highest BCUT2D eigenvalue weighted by Crippen LogP contribution is 2.18. The van der Waals surface area contributed by atoms with E-state index in [9.17, 15) is 24.3 Å². The van der Waals surface area contributed by atoms with Gasteiger partial charge in [0.2, 0.25) is 17.7 Å². The lowest BCUT2D eigenvalue weighted by molar-refractivity contribution is -0.138. The van der Waals surface area contributed by atoms with Gasteiger partial charge >= 0.3 is 5.97 Å². The standard InChI is InChI=1S/C18H23N5O6/c19-12(5-10-6-20-13-4-2-1-3-11(10)13)17(28)23-14(9-24)18(29)22-7-15(25)21-8-16(26)27/h1-4,6,12,14,20,24H,5,7-9,19H2,(H,21,25)(H,22,29)(H,23,28)(H,26,27). The SMILES string of the molecule is NC(Cc1c[nH]c2ccccc12)C(=O)NC(CO)C(=O)NCC(=O)NCC(=O)O. The van der Waals surface area contributed by atoms with E-state index in [2.05, 4.69) is 20.9 Å². The largest absolute Gasteiger partial charge is 0.480 e. The molecule has 0 bridgehead atoms. The molecule has 11 nitrogen and oxygen atoms in total. The maximum Gasteiger partial charge on any atom is 0.322 e. The lowest BCUT2D eigenvalue weighted by Gasteiger charge is -2.18. The molecule has 0 aliphatic heterocycles. The number of nitrogens with one attached hydrogen (secondary N) is 4. The van der Waals surface area contributed by atoms with Crippen LogP contribution < -0.4 is 21.7 Å². The number of carbonyl (C=O) groups excluding carboxylic acids is 3. The predicted octanol–water partition coefficient (Wildman–Crippen LogP) is -2.17. The second-order valence-corrected chi connectivity index (χ2v) is 6.30. The quantitative estimate of drug-likeness (QED) is 0.234. The second kappa shape index (κ2) is 10.2. The van der Waals surface area contributed by atoms with Crippen molar-refractivity contribution in [1.29, 1.82) is 0 Å². The van der Waals surface area contributed by atoms with E-state index in [-0.39, 0.29) is 6.42 Å². The molecule has 2 atom stereocenters. The number of hydrogen-bond acceptors (Lipinski definition) is 6. The summed E-state index contributed by atoms with van der Waals surface area (Å²) in [7, 11) is 0. The molecule has 3 amide bonds. The van der Waals surface area contributed by atoms with Crippen molar-refractivity contribution in [2.45, 2.75) is 18.5 Å². The maximum absolute atomic E-state index is 12.3. The number of nitrogens with two attached hydrogens (primary N) is 1. The lowest BCUT2D eigenvalue weighted by atomic mass is 10.0. The predicted molar refractivity (Wildman–Crippen MR) is 103 cm³/mol. The van der Waals surface area contributed by atoms with Gasteiger partial charge in [0.05, 0.1) is 19.2 Å². The Morgan fingerprint density at radius 1 is 1.07 bits per heavy atom. The molecule has 0 spiro atoms. The van der Waals surface area contributed by atoms with Gasteiger partial charge in [0.25, 0.3) is 0 Å². The van der Waals surface area contributed by atoms with Crippen LogP contribution in [0.3, 0.4) is 0 Å². The van der Waals surface area contributed by atoms with Crippen LogP contribution in [0.15, 0.2) is 30.5 Å². The molecule has 1 aromatic heterocycles. The number of fused-ring (bicyclic) bond motifs is 1. The Kier molecular flexibility index (Phi) is 7.69. The van der Waals surface area contributed by atoms with Crippen molar-refractivity contribution in [2.24, 2.45) is 5.73 Å². The van der Waals surface area contributed by atoms with E-state index >= 15 is 0 Å². The van der Waals surface area contributed by atoms with Gasteiger partial charge in [-0.1, -0.05) is 18.2 Å². The molecular formula is C18H23N5O6. The number of aliphatic carboxylic acids is 1. The van der Waals surface area contributed by atoms with Crippen molar-refractivity contribution in [3.63, 3.8) is 0 Å². The number of hydrogen-bond donors (Lipinski definition) is 7. The number of aliphatic hydroxyl groups is 1. The highest BCUT2D eigenvalue weighted by molar-refractivity contribution is 5.92. The van der Waals surface area contributed by atoms with Gasteiger partial charge in [0, 0.05) is 17.1 Å². The fraction of sp³-hybridized carbons (Fsp3) is 0.333. The molecule has 2 aromatic rings. The van der Waals surface area contributed by atoms with E-state index in [0.29, 0.717) is 0 Å². The Morgan fingerprint density at radius 2 is 1.79 bits per heavy atom. The van der Waals surface area contributed by atoms with Crippen LogP contribution in [0.2, 0.25) is 0 Å². The third-order valence-electron chi connectivity index (χ3n) is 4.13. The monoisotopic (exact) mass is 405 g/mol. The van der Waals surface area contributed by atoms with Gasteiger partial charge in [-0.25, -0.2) is 0 Å². The number of aromatic nitrogens is 1. The van der Waals surface area contributed by atoms with Crippen LogP contribution in [0.5, 0.6) is 0 Å². The number of para-hydroxylation sites is 1. The summed E-state index contributed by atoms with van der Waals surface area (Å²) in [5.74, 6) is -3.39. The molecule has 0 radical (unpaired) electrons. The summed E-state index contributed by atoms with van der Waals surface area (Å²) in [6, 6.07) is 5.26. The highest BCUT2D eigenvalue weighted by atomic mass is 16.4. The summed E-state index contributed by atoms with van der Waals surface area (Å²) in [6.45, 7) is -1.79. The van der Waals surface area contributed by atoms with E-state index in [1.54, 1.807) is 6.20 Å². The van der Waals surface area contributed by atoms with Gasteiger partial charge in [-0.15, -0.1) is 0 Å². The van der Waals surface area contributed by atoms with Crippen LogP contribution in [-0.4, -0.2) is 70.7 Å². The van der Waals surface area contributed by atoms with E-state index in [0.717, 1.165) is 16.5 Å². The van der Waals surface area contributed by atoms with E-state index in [1.165, 1.54) is 0 Å². The number of aromatic amines is 1. The van der Waals surface area contributed by atoms with Crippen molar-refractivity contribution in [3.05, 3.63) is 36.0 Å². The Morgan fingerprint density at radius 3 is 2.48 bits per heavy atom. The first-order valence-electron chi connectivity index (χ1n) is 8.79. The Hall–Kier alpha value is -3.44. The summed E-state index contributed by atoms with van der Waals surface area (Å²) in [6.07, 6.45) is 1.97. The molecule has 2 unspecified atom stereocenters. The first kappa shape index (κ1) is 21.9. The van der Waals surface area contributed by atoms with Crippen molar-refractivity contribution in [2.75, 3.05) is 19.7 Å². The molecule has 1 heterocycles. The molecule has 8 N–H and O–H groups in total. The zero-order valence-electron chi connectivity index (χ0n) is 15.5. The molecular weight excluding hydrogens is 382 g/mol. The average molecular weight is 405 g/mol. The van der Waals surface area contributed by atoms with Crippen LogP contribution in [0.25, 0.3) is 10.9 Å². The summed E-state index contributed by atoms with van der Waals surface area (Å²) in [5.41, 5.74) is 7.68. The van der Waals surface area contributed by atoms with Crippen LogP contribution in [0.1, 0.15) is 5.56 Å². The third kappa shape index (κ3) is 6.30. The maximum atomic E-state index is 12.3. The Balaban J connectivity index is 1.86. The number of carboxylic acids is 1. The number of amides is 3. The van der Waals surface area contributed by atoms with E-state index < -0.39 is 55.5 Å². The summed E-state index contributed by atoms with van der Waals surface area (Å²) in [5, 5.41) is 25.4. The molecule has 156 valence electrons. The van der Waals surface area contributed by atoms with Crippen molar-refractivity contribution in [3.8, 4) is 0 Å². The summed E-state index contributed by atoms with van der Waals surface area (Å²) < 4.78 is 0. The van der Waals surface area contributed by atoms with Gasteiger partial charge in [0.1, 0.15) is 12.6 Å². The van der Waals surface area contributed by atoms with E-state index in [4.69, 9.17) is 10.8 Å². The minimum atomic E-state index is -1.30. The normalized spacial score (nSPS) is 12.8. The van der Waals surface area contributed by atoms with Crippen LogP contribution in [0.4, 0.5) is 0 Å². The van der Waals surface area contributed by atoms with Crippen LogP contribution >= 0.6 is 0 Å². The van der Waals surface area contributed by atoms with Crippen molar-refractivity contribution in [1.82, 2.24) is 20.9 Å². The smallest absolute Gasteiger partial charge is 0.322 e. The van der Waals surface area contributed by atoms with Gasteiger partial charge in [-0.3, -0.25) is 19.2 Å². The number of H-pyrrole nitrogens is 1. The summed E-state index contributed by atoms with van der Waals surface area (Å²) >= 11 is 0. The van der Waals surface area contributed by atoms with Gasteiger partial charge in [0.15, 0.2) is 0 Å². The molecule has 2 rings (SSSR count). The fourth-order valence-corrected chi connectivity index (χ4v) is 2.63. The number of rotatable bonds is 10. The van der Waals surface area contributed by atoms with Gasteiger partial charge in [-0.2, -0.15) is 0 Å². The number of benzene rings is 1. The molecule has 0 fully saturated rings. The third-order valence-corrected chi connectivity index (χ3v) is 4.13. The Bertz CT molecular complexity index is 896. The topological polar surface area (TPSA) is 187 Å². The fourth-order valence-electron chi connectivity index (χ4n) is 2.63. The molecule has 29 heavy (non-hydrogen) atoms. The summed E-state index contributed by atoms with van der Waals surface area (Å²) in [4.78, 5) is 49.2. The lowest BCUT2D eigenvalue weighted by Crippen LogP contribution is -2.54. The zero-order chi connectivity index (χ0) is 21.4. The molecule has 1 aromatic carbocycles. The first-order valence-corrected chi connectivity index (χ1v) is 8.79. The van der Waals surface area contributed by atoms with Crippen LogP contribution in [0, 0.1) is 0 Å². The molecule has 0 saturated carbocycles. The average Bonchev–Trinajstić information content (AvgIpc) is 3.11. The minimum absolute atomic E-state index is 0.215. The molecule has 11 heteroatoms. The van der Waals surface area contributed by atoms with Crippen molar-refractivity contribution >= 4 is 34.6 Å². The van der Waals surface area contributed by atoms with Crippen LogP contribution in [-0.2, 0) is 25.6 Å². The molecule has 0 aliphatic carbocycles. The van der Waals surface area contributed by atoms with Crippen molar-refractivity contribution < 1.29 is 29.4 Å². The number of carboxylic acid groups (broad SMARTS) is 1. The molecule has 0 saturated heterocycles. The zero-order valence-corrected chi connectivity index (χ0v) is 15.5. The highest BCUT2D eigenvalue weighted by Gasteiger charge is 2.24. The minimum Gasteiger partial charge on any atom is -0.480 e. The van der Waals surface area contributed by atoms with Gasteiger partial charge < -0.3 is 36.9 Å². The molecule has 0 aliphatic rings. The Labute approximate surface area is 165 Å². The van der Waals surface area contributed by atoms with E-state index in [1.807, 2.05) is 24.3 Å². The number of aliphatic hydroxyl groups excluding tert-OH is 1. The number of carbonyl (C=O) groups is 4. The first-order chi connectivity index (χ1) is 13.8. The second-order valence-electron chi connectivity index (χ2n) is 6.30. The van der Waals surface area contributed by atoms with Gasteiger partial charge in [-0.05, 0) is 18.1 Å².